The summed E-state index contributed by atoms with van der Waals surface area (Å²) in [7, 11) is 1.48. The molecule has 25 heavy (non-hydrogen) atoms. The fourth-order valence-electron chi connectivity index (χ4n) is 3.11. The summed E-state index contributed by atoms with van der Waals surface area (Å²) in [6.45, 7) is 0. The number of hydrogen-bond acceptors (Lipinski definition) is 4. The van der Waals surface area contributed by atoms with Crippen LogP contribution in [-0.4, -0.2) is 29.2 Å². The number of halogens is 1. The predicted octanol–water partition coefficient (Wildman–Crippen LogP) is 2.28. The van der Waals surface area contributed by atoms with Gasteiger partial charge in [-0.3, -0.25) is 4.79 Å². The Morgan fingerprint density at radius 2 is 2.24 bits per heavy atom. The van der Waals surface area contributed by atoms with Crippen LogP contribution in [0.15, 0.2) is 30.5 Å². The Labute approximate surface area is 144 Å². The number of carbonyl (C=O) groups is 1. The zero-order valence-corrected chi connectivity index (χ0v) is 13.6. The van der Waals surface area contributed by atoms with Gasteiger partial charge in [-0.1, -0.05) is 0 Å². The van der Waals surface area contributed by atoms with Crippen LogP contribution < -0.4 is 10.1 Å². The Hall–Kier alpha value is -2.85. The van der Waals surface area contributed by atoms with Crippen molar-refractivity contribution in [1.82, 2.24) is 10.3 Å². The summed E-state index contributed by atoms with van der Waals surface area (Å²) in [5.74, 6) is -0.391. The summed E-state index contributed by atoms with van der Waals surface area (Å²) >= 11 is 0. The van der Waals surface area contributed by atoms with Crippen molar-refractivity contribution in [2.75, 3.05) is 7.11 Å². The van der Waals surface area contributed by atoms with E-state index in [1.54, 1.807) is 0 Å². The molecule has 0 radical (unpaired) electrons. The van der Waals surface area contributed by atoms with Gasteiger partial charge in [0.15, 0.2) is 0 Å². The summed E-state index contributed by atoms with van der Waals surface area (Å²) in [5, 5.41) is 21.4. The zero-order chi connectivity index (χ0) is 18.0. The Morgan fingerprint density at radius 1 is 1.48 bits per heavy atom. The summed E-state index contributed by atoms with van der Waals surface area (Å²) in [6, 6.07) is 7.04. The lowest BCUT2D eigenvalue weighted by Crippen LogP contribution is -2.41. The summed E-state index contributed by atoms with van der Waals surface area (Å²) in [4.78, 5) is 15.3. The number of carbonyl (C=O) groups excluding carboxylic acids is 1. The number of aliphatic hydroxyl groups is 1. The van der Waals surface area contributed by atoms with Crippen molar-refractivity contribution in [3.8, 4) is 11.8 Å². The number of H-pyrrole nitrogens is 1. The molecule has 1 aromatic carbocycles. The number of aromatic nitrogens is 1. The Morgan fingerprint density at radius 3 is 2.84 bits per heavy atom. The SMILES string of the molecule is COc1ccc(F)cc1[C@@H](NC(=O)c1cc(C#N)c[nH]1)C1CC(O)C1. The molecule has 1 aromatic heterocycles. The third-order valence-corrected chi connectivity index (χ3v) is 4.49. The van der Waals surface area contributed by atoms with Crippen molar-refractivity contribution in [2.45, 2.75) is 25.0 Å². The maximum absolute atomic E-state index is 13.8. The molecule has 7 heteroatoms. The number of nitriles is 1. The molecular formula is C18H18FN3O3. The van der Waals surface area contributed by atoms with E-state index in [1.807, 2.05) is 6.07 Å². The quantitative estimate of drug-likeness (QED) is 0.776. The van der Waals surface area contributed by atoms with Crippen molar-refractivity contribution < 1.29 is 19.0 Å². The van der Waals surface area contributed by atoms with E-state index in [0.29, 0.717) is 29.7 Å². The molecule has 1 aliphatic carbocycles. The van der Waals surface area contributed by atoms with Crippen molar-refractivity contribution in [3.05, 3.63) is 53.1 Å². The van der Waals surface area contributed by atoms with Crippen molar-refractivity contribution in [1.29, 1.82) is 5.26 Å². The normalized spacial score (nSPS) is 20.2. The van der Waals surface area contributed by atoms with Crippen LogP contribution in [0, 0.1) is 23.1 Å². The van der Waals surface area contributed by atoms with Gasteiger partial charge in [-0.2, -0.15) is 5.26 Å². The second-order valence-corrected chi connectivity index (χ2v) is 6.14. The molecule has 6 nitrogen and oxygen atoms in total. The van der Waals surface area contributed by atoms with Gasteiger partial charge in [-0.15, -0.1) is 0 Å². The third kappa shape index (κ3) is 3.49. The number of benzene rings is 1. The Bertz CT molecular complexity index is 821. The molecule has 1 fully saturated rings. The third-order valence-electron chi connectivity index (χ3n) is 4.49. The summed E-state index contributed by atoms with van der Waals surface area (Å²) in [6.07, 6.45) is 2.05. The van der Waals surface area contributed by atoms with E-state index in [9.17, 15) is 14.3 Å². The smallest absolute Gasteiger partial charge is 0.268 e. The number of aliphatic hydroxyl groups excluding tert-OH is 1. The predicted molar refractivity (Wildman–Crippen MR) is 87.4 cm³/mol. The second-order valence-electron chi connectivity index (χ2n) is 6.14. The standard InChI is InChI=1S/C18H18FN3O3/c1-25-16-3-2-12(19)7-14(16)17(11-5-13(23)6-11)22-18(24)15-4-10(8-20)9-21-15/h2-4,7,9,11,13,17,21,23H,5-6H2,1H3,(H,22,24)/t11?,13?,17-/m0/s1. The topological polar surface area (TPSA) is 98.1 Å². The number of ether oxygens (including phenoxy) is 1. The highest BCUT2D eigenvalue weighted by Crippen LogP contribution is 2.41. The van der Waals surface area contributed by atoms with Gasteiger partial charge in [0.25, 0.3) is 5.91 Å². The van der Waals surface area contributed by atoms with Crippen LogP contribution in [0.3, 0.4) is 0 Å². The average molecular weight is 343 g/mol. The van der Waals surface area contributed by atoms with Gasteiger partial charge in [0.05, 0.1) is 24.8 Å². The molecule has 0 bridgehead atoms. The van der Waals surface area contributed by atoms with Crippen molar-refractivity contribution in [2.24, 2.45) is 5.92 Å². The number of amides is 1. The van der Waals surface area contributed by atoms with Crippen LogP contribution in [-0.2, 0) is 0 Å². The molecule has 1 aliphatic rings. The fourth-order valence-corrected chi connectivity index (χ4v) is 3.11. The Balaban J connectivity index is 1.89. The van der Waals surface area contributed by atoms with E-state index < -0.39 is 23.9 Å². The van der Waals surface area contributed by atoms with Gasteiger partial charge in [-0.05, 0) is 43.0 Å². The van der Waals surface area contributed by atoms with Gasteiger partial charge in [0.2, 0.25) is 0 Å². The maximum Gasteiger partial charge on any atom is 0.268 e. The Kier molecular flexibility index (Phi) is 4.72. The molecule has 2 aromatic rings. The van der Waals surface area contributed by atoms with Crippen LogP contribution in [0.4, 0.5) is 4.39 Å². The lowest BCUT2D eigenvalue weighted by molar-refractivity contribution is 0.0230. The average Bonchev–Trinajstić information content (AvgIpc) is 3.06. The number of aromatic amines is 1. The first-order valence-electron chi connectivity index (χ1n) is 7.92. The molecule has 0 unspecified atom stereocenters. The molecule has 0 spiro atoms. The molecule has 3 rings (SSSR count). The minimum absolute atomic E-state index is 0.0277. The number of methoxy groups -OCH3 is 1. The molecule has 1 saturated carbocycles. The van der Waals surface area contributed by atoms with E-state index in [0.717, 1.165) is 0 Å². The molecule has 1 heterocycles. The van der Waals surface area contributed by atoms with Gasteiger partial charge < -0.3 is 20.1 Å². The lowest BCUT2D eigenvalue weighted by atomic mass is 9.74. The zero-order valence-electron chi connectivity index (χ0n) is 13.6. The van der Waals surface area contributed by atoms with Gasteiger partial charge in [0, 0.05) is 11.8 Å². The molecule has 3 N–H and O–H groups in total. The fraction of sp³-hybridized carbons (Fsp3) is 0.333. The first kappa shape index (κ1) is 17.0. The van der Waals surface area contributed by atoms with Crippen LogP contribution in [0.1, 0.15) is 40.5 Å². The monoisotopic (exact) mass is 343 g/mol. The van der Waals surface area contributed by atoms with Crippen LogP contribution >= 0.6 is 0 Å². The van der Waals surface area contributed by atoms with Crippen LogP contribution in [0.2, 0.25) is 0 Å². The van der Waals surface area contributed by atoms with Gasteiger partial charge in [-0.25, -0.2) is 4.39 Å². The van der Waals surface area contributed by atoms with Crippen LogP contribution in [0.25, 0.3) is 0 Å². The summed E-state index contributed by atoms with van der Waals surface area (Å²) in [5.41, 5.74) is 1.13. The highest BCUT2D eigenvalue weighted by Gasteiger charge is 2.37. The first-order valence-corrected chi connectivity index (χ1v) is 7.92. The minimum atomic E-state index is -0.504. The maximum atomic E-state index is 13.8. The number of rotatable bonds is 5. The minimum Gasteiger partial charge on any atom is -0.496 e. The number of hydrogen-bond donors (Lipinski definition) is 3. The van der Waals surface area contributed by atoms with E-state index in [2.05, 4.69) is 10.3 Å². The highest BCUT2D eigenvalue weighted by molar-refractivity contribution is 5.93. The van der Waals surface area contributed by atoms with E-state index in [-0.39, 0.29) is 11.6 Å². The molecule has 0 aliphatic heterocycles. The second kappa shape index (κ2) is 6.95. The van der Waals surface area contributed by atoms with E-state index in [1.165, 1.54) is 37.6 Å². The molecular weight excluding hydrogens is 325 g/mol. The van der Waals surface area contributed by atoms with Crippen molar-refractivity contribution in [3.63, 3.8) is 0 Å². The van der Waals surface area contributed by atoms with E-state index in [4.69, 9.17) is 10.00 Å². The number of nitrogens with one attached hydrogen (secondary N) is 2. The molecule has 130 valence electrons. The molecule has 0 saturated heterocycles. The van der Waals surface area contributed by atoms with Gasteiger partial charge in [0.1, 0.15) is 23.3 Å². The molecule has 1 amide bonds. The summed E-state index contributed by atoms with van der Waals surface area (Å²) < 4.78 is 19.1. The van der Waals surface area contributed by atoms with Crippen molar-refractivity contribution >= 4 is 5.91 Å². The highest BCUT2D eigenvalue weighted by atomic mass is 19.1. The van der Waals surface area contributed by atoms with E-state index >= 15 is 0 Å². The molecule has 1 atom stereocenters. The van der Waals surface area contributed by atoms with Crippen LogP contribution in [0.5, 0.6) is 5.75 Å². The van der Waals surface area contributed by atoms with Gasteiger partial charge >= 0.3 is 0 Å². The largest absolute Gasteiger partial charge is 0.496 e. The number of nitrogens with zero attached hydrogens (tertiary/aromatic N) is 1. The lowest BCUT2D eigenvalue weighted by Gasteiger charge is -2.38. The first-order chi connectivity index (χ1) is 12.0.